The van der Waals surface area contributed by atoms with E-state index in [1.54, 1.807) is 0 Å². The number of amides is 1. The SMILES string of the molecule is CCC(N)(CC)CNC(=O)CCOc1ccccc1-c1ccccc1. The van der Waals surface area contributed by atoms with Crippen molar-refractivity contribution in [1.29, 1.82) is 0 Å². The van der Waals surface area contributed by atoms with Gasteiger partial charge in [-0.05, 0) is 24.5 Å². The molecule has 0 aliphatic rings. The van der Waals surface area contributed by atoms with Gasteiger partial charge in [-0.2, -0.15) is 0 Å². The molecule has 0 bridgehead atoms. The molecule has 0 spiro atoms. The van der Waals surface area contributed by atoms with Crippen molar-refractivity contribution < 1.29 is 9.53 Å². The lowest BCUT2D eigenvalue weighted by atomic mass is 9.94. The van der Waals surface area contributed by atoms with Gasteiger partial charge >= 0.3 is 0 Å². The first-order chi connectivity index (χ1) is 12.1. The third-order valence-electron chi connectivity index (χ3n) is 4.60. The minimum Gasteiger partial charge on any atom is -0.492 e. The molecule has 0 unspecified atom stereocenters. The predicted molar refractivity (Wildman–Crippen MR) is 103 cm³/mol. The molecular weight excluding hydrogens is 312 g/mol. The number of para-hydroxylation sites is 1. The topological polar surface area (TPSA) is 64.3 Å². The molecule has 0 saturated carbocycles. The Balaban J connectivity index is 1.87. The summed E-state index contributed by atoms with van der Waals surface area (Å²) in [6.07, 6.45) is 1.99. The molecule has 4 nitrogen and oxygen atoms in total. The smallest absolute Gasteiger partial charge is 0.223 e. The molecule has 0 aliphatic heterocycles. The van der Waals surface area contributed by atoms with Crippen LogP contribution in [0.25, 0.3) is 11.1 Å². The number of rotatable bonds is 9. The zero-order valence-electron chi connectivity index (χ0n) is 15.1. The third kappa shape index (κ3) is 5.61. The van der Waals surface area contributed by atoms with E-state index in [4.69, 9.17) is 10.5 Å². The number of hydrogen-bond donors (Lipinski definition) is 2. The summed E-state index contributed by atoms with van der Waals surface area (Å²) >= 11 is 0. The molecule has 0 atom stereocenters. The molecule has 0 fully saturated rings. The maximum absolute atomic E-state index is 12.0. The first-order valence-corrected chi connectivity index (χ1v) is 8.91. The van der Waals surface area contributed by atoms with E-state index in [-0.39, 0.29) is 11.4 Å². The van der Waals surface area contributed by atoms with Gasteiger partial charge in [-0.15, -0.1) is 0 Å². The Morgan fingerprint density at radius 2 is 1.68 bits per heavy atom. The Morgan fingerprint density at radius 3 is 2.36 bits per heavy atom. The van der Waals surface area contributed by atoms with E-state index >= 15 is 0 Å². The molecule has 4 heteroatoms. The molecule has 2 rings (SSSR count). The highest BCUT2D eigenvalue weighted by atomic mass is 16.5. The van der Waals surface area contributed by atoms with Crippen molar-refractivity contribution in [3.05, 3.63) is 54.6 Å². The second-order valence-electron chi connectivity index (χ2n) is 6.31. The maximum Gasteiger partial charge on any atom is 0.223 e. The standard InChI is InChI=1S/C21H28N2O2/c1-3-21(22,4-2)16-23-20(24)14-15-25-19-13-9-8-12-18(19)17-10-6-5-7-11-17/h5-13H,3-4,14-16,22H2,1-2H3,(H,23,24). The molecule has 0 saturated heterocycles. The Kier molecular flexibility index (Phi) is 7.02. The van der Waals surface area contributed by atoms with Crippen molar-refractivity contribution in [2.24, 2.45) is 5.73 Å². The Hall–Kier alpha value is -2.33. The first-order valence-electron chi connectivity index (χ1n) is 8.91. The van der Waals surface area contributed by atoms with Crippen molar-refractivity contribution in [3.8, 4) is 16.9 Å². The van der Waals surface area contributed by atoms with Crippen LogP contribution in [0.3, 0.4) is 0 Å². The Labute approximate surface area is 150 Å². The van der Waals surface area contributed by atoms with Crippen molar-refractivity contribution in [2.45, 2.75) is 38.6 Å². The maximum atomic E-state index is 12.0. The Bertz CT molecular complexity index is 667. The van der Waals surface area contributed by atoms with Gasteiger partial charge in [0.2, 0.25) is 5.91 Å². The lowest BCUT2D eigenvalue weighted by Gasteiger charge is -2.26. The van der Waals surface area contributed by atoms with E-state index in [9.17, 15) is 4.79 Å². The zero-order chi connectivity index (χ0) is 18.1. The van der Waals surface area contributed by atoms with E-state index in [0.717, 1.165) is 29.7 Å². The monoisotopic (exact) mass is 340 g/mol. The van der Waals surface area contributed by atoms with Gasteiger partial charge in [-0.25, -0.2) is 0 Å². The van der Waals surface area contributed by atoms with Gasteiger partial charge in [0.1, 0.15) is 5.75 Å². The summed E-state index contributed by atoms with van der Waals surface area (Å²) in [6, 6.07) is 18.0. The molecule has 0 aromatic heterocycles. The van der Waals surface area contributed by atoms with E-state index in [1.807, 2.05) is 68.4 Å². The van der Waals surface area contributed by atoms with Gasteiger partial charge in [0.15, 0.2) is 0 Å². The van der Waals surface area contributed by atoms with Crippen LogP contribution in [0, 0.1) is 0 Å². The first kappa shape index (κ1) is 19.0. The van der Waals surface area contributed by atoms with Crippen LogP contribution in [0.15, 0.2) is 54.6 Å². The molecule has 134 valence electrons. The molecule has 25 heavy (non-hydrogen) atoms. The second-order valence-corrected chi connectivity index (χ2v) is 6.31. The van der Waals surface area contributed by atoms with Gasteiger partial charge in [0, 0.05) is 17.6 Å². The van der Waals surface area contributed by atoms with Crippen molar-refractivity contribution in [1.82, 2.24) is 5.32 Å². The summed E-state index contributed by atoms with van der Waals surface area (Å²) in [4.78, 5) is 12.0. The van der Waals surface area contributed by atoms with Crippen LogP contribution in [-0.2, 0) is 4.79 Å². The van der Waals surface area contributed by atoms with Crippen molar-refractivity contribution >= 4 is 5.91 Å². The van der Waals surface area contributed by atoms with Gasteiger partial charge in [-0.3, -0.25) is 4.79 Å². The molecule has 0 aliphatic carbocycles. The van der Waals surface area contributed by atoms with Crippen LogP contribution >= 0.6 is 0 Å². The summed E-state index contributed by atoms with van der Waals surface area (Å²) in [5, 5.41) is 2.91. The van der Waals surface area contributed by atoms with E-state index in [0.29, 0.717) is 19.6 Å². The lowest BCUT2D eigenvalue weighted by molar-refractivity contribution is -0.121. The van der Waals surface area contributed by atoms with Gasteiger partial charge in [-0.1, -0.05) is 62.4 Å². The summed E-state index contributed by atoms with van der Waals surface area (Å²) in [6.45, 7) is 4.92. The minimum atomic E-state index is -0.323. The molecular formula is C21H28N2O2. The van der Waals surface area contributed by atoms with Gasteiger partial charge in [0.25, 0.3) is 0 Å². The van der Waals surface area contributed by atoms with Crippen molar-refractivity contribution in [3.63, 3.8) is 0 Å². The zero-order valence-corrected chi connectivity index (χ0v) is 15.1. The van der Waals surface area contributed by atoms with Crippen LogP contribution in [0.1, 0.15) is 33.1 Å². The summed E-state index contributed by atoms with van der Waals surface area (Å²) in [5.74, 6) is 0.755. The Morgan fingerprint density at radius 1 is 1.04 bits per heavy atom. The highest BCUT2D eigenvalue weighted by Crippen LogP contribution is 2.29. The number of nitrogens with one attached hydrogen (secondary N) is 1. The number of nitrogens with two attached hydrogens (primary N) is 1. The fourth-order valence-electron chi connectivity index (χ4n) is 2.57. The second kappa shape index (κ2) is 9.23. The van der Waals surface area contributed by atoms with Gasteiger partial charge in [0.05, 0.1) is 13.0 Å². The quantitative estimate of drug-likeness (QED) is 0.730. The van der Waals surface area contributed by atoms with Crippen molar-refractivity contribution in [2.75, 3.05) is 13.2 Å². The van der Waals surface area contributed by atoms with E-state index in [2.05, 4.69) is 5.32 Å². The van der Waals surface area contributed by atoms with Crippen LogP contribution in [-0.4, -0.2) is 24.6 Å². The molecule has 0 radical (unpaired) electrons. The summed E-state index contributed by atoms with van der Waals surface area (Å²) < 4.78 is 5.85. The highest BCUT2D eigenvalue weighted by molar-refractivity contribution is 5.76. The summed E-state index contributed by atoms with van der Waals surface area (Å²) in [7, 11) is 0. The predicted octanol–water partition coefficient (Wildman–Crippen LogP) is 3.76. The lowest BCUT2D eigenvalue weighted by Crippen LogP contribution is -2.49. The number of carbonyl (C=O) groups is 1. The number of ether oxygens (including phenoxy) is 1. The molecule has 2 aromatic carbocycles. The highest BCUT2D eigenvalue weighted by Gasteiger charge is 2.20. The molecule has 1 amide bonds. The molecule has 3 N–H and O–H groups in total. The van der Waals surface area contributed by atoms with Crippen LogP contribution in [0.2, 0.25) is 0 Å². The number of hydrogen-bond acceptors (Lipinski definition) is 3. The fraction of sp³-hybridized carbons (Fsp3) is 0.381. The molecule has 0 heterocycles. The summed E-state index contributed by atoms with van der Waals surface area (Å²) in [5.41, 5.74) is 8.01. The normalized spacial score (nSPS) is 11.2. The molecule has 2 aromatic rings. The number of carbonyl (C=O) groups excluding carboxylic acids is 1. The largest absolute Gasteiger partial charge is 0.492 e. The van der Waals surface area contributed by atoms with Crippen LogP contribution < -0.4 is 15.8 Å². The average molecular weight is 340 g/mol. The van der Waals surface area contributed by atoms with E-state index in [1.165, 1.54) is 0 Å². The van der Waals surface area contributed by atoms with Crippen LogP contribution in [0.5, 0.6) is 5.75 Å². The van der Waals surface area contributed by atoms with E-state index < -0.39 is 0 Å². The average Bonchev–Trinajstić information content (AvgIpc) is 2.67. The van der Waals surface area contributed by atoms with Gasteiger partial charge < -0.3 is 15.8 Å². The minimum absolute atomic E-state index is 0.0334. The fourth-order valence-corrected chi connectivity index (χ4v) is 2.57. The van der Waals surface area contributed by atoms with Crippen LogP contribution in [0.4, 0.5) is 0 Å². The third-order valence-corrected chi connectivity index (χ3v) is 4.60. The number of benzene rings is 2.